The number of rotatable bonds is 2. The lowest BCUT2D eigenvalue weighted by Crippen LogP contribution is -2.15. The van der Waals surface area contributed by atoms with Crippen molar-refractivity contribution >= 4 is 16.9 Å². The van der Waals surface area contributed by atoms with Gasteiger partial charge in [0.2, 0.25) is 0 Å². The minimum Gasteiger partial charge on any atom is -0.478 e. The maximum Gasteiger partial charge on any atom is 0.336 e. The predicted molar refractivity (Wildman–Crippen MR) is 97.6 cm³/mol. The largest absolute Gasteiger partial charge is 0.478 e. The van der Waals surface area contributed by atoms with Crippen LogP contribution in [0.3, 0.4) is 0 Å². The molecule has 0 saturated heterocycles. The Morgan fingerprint density at radius 3 is 2.25 bits per heavy atom. The van der Waals surface area contributed by atoms with E-state index in [1.54, 1.807) is 0 Å². The third-order valence-electron chi connectivity index (χ3n) is 4.32. The van der Waals surface area contributed by atoms with Crippen LogP contribution >= 0.6 is 0 Å². The summed E-state index contributed by atoms with van der Waals surface area (Å²) in [6, 6.07) is 15.6. The van der Waals surface area contributed by atoms with Crippen LogP contribution in [0.4, 0.5) is 0 Å². The number of benzene rings is 2. The molecular weight excluding hydrogens is 298 g/mol. The minimum absolute atomic E-state index is 0.161. The molecule has 122 valence electrons. The fraction of sp³-hybridized carbons (Fsp3) is 0.238. The molecule has 0 aliphatic rings. The summed E-state index contributed by atoms with van der Waals surface area (Å²) in [6.45, 7) is 8.12. The van der Waals surface area contributed by atoms with Crippen LogP contribution < -0.4 is 0 Å². The number of carboxylic acid groups (broad SMARTS) is 1. The summed E-state index contributed by atoms with van der Waals surface area (Å²) in [7, 11) is 0. The lowest BCUT2D eigenvalue weighted by atomic mass is 9.82. The minimum atomic E-state index is -0.909. The van der Waals surface area contributed by atoms with Crippen LogP contribution in [-0.2, 0) is 5.41 Å². The van der Waals surface area contributed by atoms with Gasteiger partial charge in [0.05, 0.1) is 16.8 Å². The number of carboxylic acids is 1. The SMILES string of the molecule is Cc1c(-c2ccccc2)nc2cccc(C(C)(C)C)c2c1C(=O)O. The van der Waals surface area contributed by atoms with Gasteiger partial charge in [0.1, 0.15) is 0 Å². The molecule has 0 saturated carbocycles. The van der Waals surface area contributed by atoms with E-state index in [4.69, 9.17) is 4.98 Å². The Hall–Kier alpha value is -2.68. The maximum atomic E-state index is 12.1. The fourth-order valence-electron chi connectivity index (χ4n) is 3.18. The molecule has 1 aromatic heterocycles. The molecule has 0 bridgehead atoms. The molecule has 1 heterocycles. The molecule has 0 radical (unpaired) electrons. The summed E-state index contributed by atoms with van der Waals surface area (Å²) >= 11 is 0. The Balaban J connectivity index is 2.46. The Bertz CT molecular complexity index is 922. The molecule has 0 fully saturated rings. The maximum absolute atomic E-state index is 12.1. The van der Waals surface area contributed by atoms with Crippen molar-refractivity contribution in [3.63, 3.8) is 0 Å². The first-order chi connectivity index (χ1) is 11.3. The molecule has 2 aromatic carbocycles. The van der Waals surface area contributed by atoms with Crippen LogP contribution in [0.15, 0.2) is 48.5 Å². The molecule has 0 amide bonds. The Labute approximate surface area is 142 Å². The van der Waals surface area contributed by atoms with E-state index in [9.17, 15) is 9.90 Å². The second kappa shape index (κ2) is 5.75. The Morgan fingerprint density at radius 1 is 1.00 bits per heavy atom. The molecule has 3 nitrogen and oxygen atoms in total. The second-order valence-electron chi connectivity index (χ2n) is 7.08. The highest BCUT2D eigenvalue weighted by Gasteiger charge is 2.24. The summed E-state index contributed by atoms with van der Waals surface area (Å²) in [5.74, 6) is -0.909. The van der Waals surface area contributed by atoms with Crippen molar-refractivity contribution in [2.24, 2.45) is 0 Å². The standard InChI is InChI=1S/C21H21NO2/c1-13-17(20(23)24)18-15(21(2,3)4)11-8-12-16(18)22-19(13)14-9-6-5-7-10-14/h5-12H,1-4H3,(H,23,24). The van der Waals surface area contributed by atoms with Crippen LogP contribution in [0, 0.1) is 6.92 Å². The van der Waals surface area contributed by atoms with E-state index in [1.807, 2.05) is 55.5 Å². The molecule has 1 N–H and O–H groups in total. The van der Waals surface area contributed by atoms with Crippen LogP contribution in [0.25, 0.3) is 22.2 Å². The van der Waals surface area contributed by atoms with Crippen molar-refractivity contribution in [2.75, 3.05) is 0 Å². The van der Waals surface area contributed by atoms with Crippen molar-refractivity contribution in [3.8, 4) is 11.3 Å². The van der Waals surface area contributed by atoms with Crippen molar-refractivity contribution in [3.05, 3.63) is 65.2 Å². The smallest absolute Gasteiger partial charge is 0.336 e. The molecule has 0 spiro atoms. The van der Waals surface area contributed by atoms with Crippen LogP contribution in [0.2, 0.25) is 0 Å². The second-order valence-corrected chi connectivity index (χ2v) is 7.08. The first kappa shape index (κ1) is 16.2. The number of carbonyl (C=O) groups is 1. The third-order valence-corrected chi connectivity index (χ3v) is 4.32. The van der Waals surface area contributed by atoms with Gasteiger partial charge in [-0.1, -0.05) is 63.2 Å². The van der Waals surface area contributed by atoms with E-state index in [0.29, 0.717) is 11.1 Å². The zero-order valence-electron chi connectivity index (χ0n) is 14.4. The van der Waals surface area contributed by atoms with Gasteiger partial charge in [-0.3, -0.25) is 0 Å². The van der Waals surface area contributed by atoms with E-state index in [-0.39, 0.29) is 5.41 Å². The normalized spacial score (nSPS) is 11.7. The molecule has 0 aliphatic carbocycles. The van der Waals surface area contributed by atoms with E-state index >= 15 is 0 Å². The summed E-state index contributed by atoms with van der Waals surface area (Å²) < 4.78 is 0. The monoisotopic (exact) mass is 319 g/mol. The van der Waals surface area contributed by atoms with Gasteiger partial charge in [-0.05, 0) is 29.5 Å². The highest BCUT2D eigenvalue weighted by Crippen LogP contribution is 2.36. The molecule has 3 heteroatoms. The predicted octanol–water partition coefficient (Wildman–Crippen LogP) is 5.21. The molecule has 3 aromatic rings. The average molecular weight is 319 g/mol. The zero-order valence-corrected chi connectivity index (χ0v) is 14.4. The highest BCUT2D eigenvalue weighted by molar-refractivity contribution is 6.07. The van der Waals surface area contributed by atoms with Gasteiger partial charge in [-0.15, -0.1) is 0 Å². The van der Waals surface area contributed by atoms with E-state index in [2.05, 4.69) is 20.8 Å². The van der Waals surface area contributed by atoms with Gasteiger partial charge in [0.25, 0.3) is 0 Å². The lowest BCUT2D eigenvalue weighted by Gasteiger charge is -2.23. The van der Waals surface area contributed by atoms with Gasteiger partial charge in [-0.25, -0.2) is 9.78 Å². The zero-order chi connectivity index (χ0) is 17.5. The summed E-state index contributed by atoms with van der Waals surface area (Å²) in [6.07, 6.45) is 0. The highest BCUT2D eigenvalue weighted by atomic mass is 16.4. The first-order valence-electron chi connectivity index (χ1n) is 8.03. The van der Waals surface area contributed by atoms with E-state index < -0.39 is 5.97 Å². The molecule has 24 heavy (non-hydrogen) atoms. The van der Waals surface area contributed by atoms with Crippen LogP contribution in [0.5, 0.6) is 0 Å². The number of hydrogen-bond donors (Lipinski definition) is 1. The van der Waals surface area contributed by atoms with Gasteiger partial charge in [0, 0.05) is 10.9 Å². The fourth-order valence-corrected chi connectivity index (χ4v) is 3.18. The molecular formula is C21H21NO2. The number of hydrogen-bond acceptors (Lipinski definition) is 2. The summed E-state index contributed by atoms with van der Waals surface area (Å²) in [5, 5.41) is 10.6. The van der Waals surface area contributed by atoms with Gasteiger partial charge >= 0.3 is 5.97 Å². The first-order valence-corrected chi connectivity index (χ1v) is 8.03. The van der Waals surface area contributed by atoms with Crippen molar-refractivity contribution in [1.29, 1.82) is 0 Å². The number of aromatic nitrogens is 1. The number of nitrogens with zero attached hydrogens (tertiary/aromatic N) is 1. The molecule has 0 atom stereocenters. The number of pyridine rings is 1. The molecule has 3 rings (SSSR count). The van der Waals surface area contributed by atoms with E-state index in [1.165, 1.54) is 0 Å². The van der Waals surface area contributed by atoms with Crippen molar-refractivity contribution < 1.29 is 9.90 Å². The van der Waals surface area contributed by atoms with Crippen LogP contribution in [0.1, 0.15) is 42.3 Å². The number of aromatic carboxylic acids is 1. The molecule has 0 aliphatic heterocycles. The van der Waals surface area contributed by atoms with Gasteiger partial charge in [0.15, 0.2) is 0 Å². The summed E-state index contributed by atoms with van der Waals surface area (Å²) in [4.78, 5) is 16.9. The topological polar surface area (TPSA) is 50.2 Å². The van der Waals surface area contributed by atoms with Gasteiger partial charge < -0.3 is 5.11 Å². The average Bonchev–Trinajstić information content (AvgIpc) is 2.53. The lowest BCUT2D eigenvalue weighted by molar-refractivity contribution is 0.0698. The van der Waals surface area contributed by atoms with Crippen LogP contribution in [-0.4, -0.2) is 16.1 Å². The van der Waals surface area contributed by atoms with Crippen molar-refractivity contribution in [2.45, 2.75) is 33.1 Å². The summed E-state index contributed by atoms with van der Waals surface area (Å²) in [5.41, 5.74) is 4.29. The van der Waals surface area contributed by atoms with Gasteiger partial charge in [-0.2, -0.15) is 0 Å². The number of fused-ring (bicyclic) bond motifs is 1. The van der Waals surface area contributed by atoms with Crippen molar-refractivity contribution in [1.82, 2.24) is 4.98 Å². The third kappa shape index (κ3) is 2.67. The molecule has 0 unspecified atom stereocenters. The Morgan fingerprint density at radius 2 is 1.67 bits per heavy atom. The quantitative estimate of drug-likeness (QED) is 0.705. The Kier molecular flexibility index (Phi) is 3.88. The van der Waals surface area contributed by atoms with E-state index in [0.717, 1.165) is 27.7 Å².